The zero-order chi connectivity index (χ0) is 18.1. The number of rotatable bonds is 5. The number of ether oxygens (including phenoxy) is 2. The summed E-state index contributed by atoms with van der Waals surface area (Å²) in [4.78, 5) is 17.4. The summed E-state index contributed by atoms with van der Waals surface area (Å²) in [5.41, 5.74) is 3.80. The number of hydrogen-bond acceptors (Lipinski definition) is 5. The molecule has 0 bridgehead atoms. The number of benzene rings is 2. The third kappa shape index (κ3) is 2.55. The predicted octanol–water partition coefficient (Wildman–Crippen LogP) is 4.56. The minimum absolute atomic E-state index is 0.521. The van der Waals surface area contributed by atoms with E-state index in [2.05, 4.69) is 4.98 Å². The van der Waals surface area contributed by atoms with Crippen LogP contribution >= 0.6 is 11.3 Å². The molecule has 5 nitrogen and oxygen atoms in total. The maximum Gasteiger partial charge on any atom is 0.195 e. The molecule has 0 aliphatic rings. The van der Waals surface area contributed by atoms with Crippen molar-refractivity contribution >= 4 is 22.6 Å². The molecule has 6 heteroatoms. The SMILES string of the molecule is COc1ccc(OC)c(-c2csc3nc(-c4ccccc4)c(C=O)n23)c1. The van der Waals surface area contributed by atoms with Crippen LogP contribution in [0, 0.1) is 0 Å². The summed E-state index contributed by atoms with van der Waals surface area (Å²) in [6, 6.07) is 15.3. The van der Waals surface area contributed by atoms with Gasteiger partial charge in [-0.25, -0.2) is 4.98 Å². The summed E-state index contributed by atoms with van der Waals surface area (Å²) in [5.74, 6) is 1.42. The van der Waals surface area contributed by atoms with Crippen molar-refractivity contribution in [1.82, 2.24) is 9.38 Å². The van der Waals surface area contributed by atoms with Crippen molar-refractivity contribution in [2.45, 2.75) is 0 Å². The smallest absolute Gasteiger partial charge is 0.195 e. The van der Waals surface area contributed by atoms with E-state index in [1.165, 1.54) is 11.3 Å². The van der Waals surface area contributed by atoms with E-state index in [4.69, 9.17) is 9.47 Å². The van der Waals surface area contributed by atoms with Crippen LogP contribution in [0.15, 0.2) is 53.9 Å². The molecular formula is C20H16N2O3S. The minimum atomic E-state index is 0.521. The van der Waals surface area contributed by atoms with Gasteiger partial charge in [0, 0.05) is 16.5 Å². The van der Waals surface area contributed by atoms with Crippen LogP contribution in [0.25, 0.3) is 27.5 Å². The lowest BCUT2D eigenvalue weighted by Crippen LogP contribution is -1.96. The number of nitrogens with zero attached hydrogens (tertiary/aromatic N) is 2. The lowest BCUT2D eigenvalue weighted by atomic mass is 10.1. The number of fused-ring (bicyclic) bond motifs is 1. The molecule has 0 fully saturated rings. The first-order chi connectivity index (χ1) is 12.8. The van der Waals surface area contributed by atoms with Crippen molar-refractivity contribution in [2.24, 2.45) is 0 Å². The number of carbonyl (C=O) groups is 1. The number of aldehydes is 1. The molecule has 26 heavy (non-hydrogen) atoms. The molecule has 2 aromatic heterocycles. The summed E-state index contributed by atoms with van der Waals surface area (Å²) in [5, 5.41) is 1.97. The number of aromatic nitrogens is 2. The van der Waals surface area contributed by atoms with Gasteiger partial charge in [-0.15, -0.1) is 11.3 Å². The normalized spacial score (nSPS) is 10.8. The van der Waals surface area contributed by atoms with Crippen molar-refractivity contribution in [2.75, 3.05) is 14.2 Å². The topological polar surface area (TPSA) is 52.8 Å². The maximum absolute atomic E-state index is 11.9. The second-order valence-electron chi connectivity index (χ2n) is 5.63. The Balaban J connectivity index is 1.99. The third-order valence-corrected chi connectivity index (χ3v) is 5.07. The summed E-state index contributed by atoms with van der Waals surface area (Å²) in [6.07, 6.45) is 0.852. The molecule has 0 spiro atoms. The van der Waals surface area contributed by atoms with Gasteiger partial charge in [-0.3, -0.25) is 9.20 Å². The Morgan fingerprint density at radius 1 is 1.08 bits per heavy atom. The molecule has 4 rings (SSSR count). The van der Waals surface area contributed by atoms with Gasteiger partial charge in [0.15, 0.2) is 11.2 Å². The van der Waals surface area contributed by atoms with Crippen LogP contribution in [0.3, 0.4) is 0 Å². The maximum atomic E-state index is 11.9. The lowest BCUT2D eigenvalue weighted by molar-refractivity contribution is 0.111. The molecule has 2 heterocycles. The van der Waals surface area contributed by atoms with Crippen LogP contribution < -0.4 is 9.47 Å². The highest BCUT2D eigenvalue weighted by molar-refractivity contribution is 7.15. The highest BCUT2D eigenvalue weighted by Gasteiger charge is 2.20. The van der Waals surface area contributed by atoms with E-state index in [0.29, 0.717) is 17.1 Å². The molecular weight excluding hydrogens is 348 g/mol. The molecule has 0 N–H and O–H groups in total. The Hall–Kier alpha value is -3.12. The van der Waals surface area contributed by atoms with Gasteiger partial charge in [-0.2, -0.15) is 0 Å². The number of hydrogen-bond donors (Lipinski definition) is 0. The van der Waals surface area contributed by atoms with E-state index < -0.39 is 0 Å². The Bertz CT molecular complexity index is 1080. The van der Waals surface area contributed by atoms with Gasteiger partial charge < -0.3 is 9.47 Å². The molecule has 0 amide bonds. The zero-order valence-corrected chi connectivity index (χ0v) is 15.1. The average molecular weight is 364 g/mol. The molecule has 0 unspecified atom stereocenters. The van der Waals surface area contributed by atoms with Crippen LogP contribution in [0.5, 0.6) is 11.5 Å². The second-order valence-corrected chi connectivity index (χ2v) is 6.47. The van der Waals surface area contributed by atoms with E-state index in [1.807, 2.05) is 58.3 Å². The van der Waals surface area contributed by atoms with Gasteiger partial charge in [-0.1, -0.05) is 30.3 Å². The summed E-state index contributed by atoms with van der Waals surface area (Å²) in [7, 11) is 3.25. The molecule has 2 aromatic carbocycles. The quantitative estimate of drug-likeness (QED) is 0.487. The molecule has 0 saturated carbocycles. The summed E-state index contributed by atoms with van der Waals surface area (Å²) >= 11 is 1.48. The van der Waals surface area contributed by atoms with Crippen molar-refractivity contribution in [3.63, 3.8) is 0 Å². The average Bonchev–Trinajstić information content (AvgIpc) is 3.27. The van der Waals surface area contributed by atoms with E-state index >= 15 is 0 Å². The van der Waals surface area contributed by atoms with Crippen molar-refractivity contribution in [3.8, 4) is 34.0 Å². The standard InChI is InChI=1S/C20H16N2O3S/c1-24-14-8-9-18(25-2)15(10-14)17-12-26-20-21-19(16(11-23)22(17)20)13-6-4-3-5-7-13/h3-12H,1-2H3. The Morgan fingerprint density at radius 2 is 1.88 bits per heavy atom. The van der Waals surface area contributed by atoms with Crippen LogP contribution in [0.1, 0.15) is 10.5 Å². The fourth-order valence-electron chi connectivity index (χ4n) is 3.00. The fraction of sp³-hybridized carbons (Fsp3) is 0.100. The van der Waals surface area contributed by atoms with Gasteiger partial charge in [0.1, 0.15) is 22.9 Å². The van der Waals surface area contributed by atoms with Crippen molar-refractivity contribution < 1.29 is 14.3 Å². The van der Waals surface area contributed by atoms with Gasteiger partial charge in [0.25, 0.3) is 0 Å². The third-order valence-electron chi connectivity index (χ3n) is 4.24. The Kier molecular flexibility index (Phi) is 4.18. The van der Waals surface area contributed by atoms with Gasteiger partial charge in [0.05, 0.1) is 19.9 Å². The largest absolute Gasteiger partial charge is 0.497 e. The highest BCUT2D eigenvalue weighted by Crippen LogP contribution is 2.38. The van der Waals surface area contributed by atoms with Crippen molar-refractivity contribution in [1.29, 1.82) is 0 Å². The van der Waals surface area contributed by atoms with Crippen LogP contribution in [0.2, 0.25) is 0 Å². The number of carbonyl (C=O) groups excluding carboxylic acids is 1. The lowest BCUT2D eigenvalue weighted by Gasteiger charge is -2.10. The van der Waals surface area contributed by atoms with E-state index in [-0.39, 0.29) is 0 Å². The van der Waals surface area contributed by atoms with Crippen molar-refractivity contribution in [3.05, 3.63) is 59.6 Å². The Labute approximate surface area is 154 Å². The highest BCUT2D eigenvalue weighted by atomic mass is 32.1. The van der Waals surface area contributed by atoms with Crippen LogP contribution in [-0.4, -0.2) is 29.9 Å². The predicted molar refractivity (Wildman–Crippen MR) is 102 cm³/mol. The first-order valence-corrected chi connectivity index (χ1v) is 8.87. The van der Waals surface area contributed by atoms with Gasteiger partial charge >= 0.3 is 0 Å². The first kappa shape index (κ1) is 16.4. The van der Waals surface area contributed by atoms with E-state index in [9.17, 15) is 4.79 Å². The molecule has 4 aromatic rings. The molecule has 0 atom stereocenters. The number of thiazole rings is 1. The van der Waals surface area contributed by atoms with Gasteiger partial charge in [0.2, 0.25) is 0 Å². The van der Waals surface area contributed by atoms with Crippen LogP contribution in [-0.2, 0) is 0 Å². The van der Waals surface area contributed by atoms with E-state index in [1.54, 1.807) is 14.2 Å². The summed E-state index contributed by atoms with van der Waals surface area (Å²) in [6.45, 7) is 0. The fourth-order valence-corrected chi connectivity index (χ4v) is 3.90. The zero-order valence-electron chi connectivity index (χ0n) is 14.3. The van der Waals surface area contributed by atoms with Crippen LogP contribution in [0.4, 0.5) is 0 Å². The number of imidazole rings is 1. The first-order valence-electron chi connectivity index (χ1n) is 7.99. The molecule has 130 valence electrons. The minimum Gasteiger partial charge on any atom is -0.497 e. The number of methoxy groups -OCH3 is 2. The Morgan fingerprint density at radius 3 is 2.58 bits per heavy atom. The molecule has 0 aliphatic heterocycles. The summed E-state index contributed by atoms with van der Waals surface area (Å²) < 4.78 is 12.7. The second kappa shape index (κ2) is 6.65. The monoisotopic (exact) mass is 364 g/mol. The molecule has 0 radical (unpaired) electrons. The molecule has 0 saturated heterocycles. The molecule has 0 aliphatic carbocycles. The van der Waals surface area contributed by atoms with E-state index in [0.717, 1.165) is 33.8 Å². The van der Waals surface area contributed by atoms with Gasteiger partial charge in [-0.05, 0) is 18.2 Å².